The van der Waals surface area contributed by atoms with Gasteiger partial charge in [-0.3, -0.25) is 15.0 Å². The lowest BCUT2D eigenvalue weighted by molar-refractivity contribution is -0.148. The second-order valence-corrected chi connectivity index (χ2v) is 8.06. The normalized spacial score (nSPS) is 18.6. The number of hydrogen-bond donors (Lipinski definition) is 6. The molecule has 8 N–H and O–H groups in total. The summed E-state index contributed by atoms with van der Waals surface area (Å²) in [4.78, 5) is 39.1. The molecular weight excluding hydrogens is 400 g/mol. The minimum atomic E-state index is -1.50. The number of carbonyl (C=O) groups is 3. The van der Waals surface area contributed by atoms with Gasteiger partial charge in [-0.05, 0) is 44.6 Å². The fourth-order valence-corrected chi connectivity index (χ4v) is 3.71. The van der Waals surface area contributed by atoms with Crippen molar-refractivity contribution in [3.8, 4) is 0 Å². The number of nitrogens with one attached hydrogen (secondary N) is 3. The summed E-state index contributed by atoms with van der Waals surface area (Å²) >= 11 is 0. The van der Waals surface area contributed by atoms with E-state index in [1.807, 2.05) is 30.3 Å². The van der Waals surface area contributed by atoms with E-state index in [0.717, 1.165) is 5.56 Å². The fraction of sp³-hybridized carbons (Fsp3) is 0.524. The van der Waals surface area contributed by atoms with Crippen LogP contribution in [0.15, 0.2) is 30.3 Å². The summed E-state index contributed by atoms with van der Waals surface area (Å²) < 4.78 is 0. The molecule has 2 rings (SSSR count). The summed E-state index contributed by atoms with van der Waals surface area (Å²) in [5, 5.41) is 22.0. The molecule has 0 unspecified atom stereocenters. The van der Waals surface area contributed by atoms with Crippen molar-refractivity contribution in [1.82, 2.24) is 15.5 Å². The first-order valence-electron chi connectivity index (χ1n) is 10.4. The first kappa shape index (κ1) is 24.1. The average molecular weight is 433 g/mol. The predicted octanol–water partition coefficient (Wildman–Crippen LogP) is -0.230. The molecule has 1 aromatic carbocycles. The Kier molecular flexibility index (Phi) is 8.38. The highest BCUT2D eigenvalue weighted by Gasteiger charge is 2.41. The van der Waals surface area contributed by atoms with Gasteiger partial charge in [-0.15, -0.1) is 0 Å². The number of carboxylic acid groups (broad SMARTS) is 1. The minimum absolute atomic E-state index is 0.141. The molecule has 1 saturated heterocycles. The van der Waals surface area contributed by atoms with E-state index in [1.165, 1.54) is 11.8 Å². The molecule has 10 nitrogen and oxygen atoms in total. The molecule has 0 aliphatic carbocycles. The molecule has 0 saturated carbocycles. The number of nitrogens with zero attached hydrogens (tertiary/aromatic N) is 1. The molecule has 1 heterocycles. The van der Waals surface area contributed by atoms with Crippen molar-refractivity contribution in [2.45, 2.75) is 56.7 Å². The Morgan fingerprint density at radius 3 is 2.61 bits per heavy atom. The average Bonchev–Trinajstić information content (AvgIpc) is 3.21. The highest BCUT2D eigenvalue weighted by atomic mass is 16.4. The maximum Gasteiger partial charge on any atom is 0.329 e. The number of benzene rings is 1. The Labute approximate surface area is 181 Å². The van der Waals surface area contributed by atoms with Crippen molar-refractivity contribution < 1.29 is 19.5 Å². The summed E-state index contributed by atoms with van der Waals surface area (Å²) in [7, 11) is 0. The molecule has 0 aromatic heterocycles. The summed E-state index contributed by atoms with van der Waals surface area (Å²) in [6, 6.07) is 7.88. The van der Waals surface area contributed by atoms with Crippen molar-refractivity contribution in [1.29, 1.82) is 5.41 Å². The SMILES string of the molecule is C[C@@](CCCNC(=N)N)(NC(=O)[C@@H]1CCCN1C(=O)[C@H](N)Cc1ccccc1)C(=O)O. The third-order valence-electron chi connectivity index (χ3n) is 5.49. The Hall–Kier alpha value is -3.14. The Balaban J connectivity index is 2.00. The van der Waals surface area contributed by atoms with Gasteiger partial charge in [0.05, 0.1) is 6.04 Å². The van der Waals surface area contributed by atoms with Gasteiger partial charge in [0, 0.05) is 13.1 Å². The Bertz CT molecular complexity index is 802. The maximum atomic E-state index is 12.9. The lowest BCUT2D eigenvalue weighted by Crippen LogP contribution is -2.58. The lowest BCUT2D eigenvalue weighted by atomic mass is 9.95. The minimum Gasteiger partial charge on any atom is -0.480 e. The van der Waals surface area contributed by atoms with Crippen LogP contribution in [0, 0.1) is 5.41 Å². The highest BCUT2D eigenvalue weighted by molar-refractivity contribution is 5.93. The van der Waals surface area contributed by atoms with Crippen LogP contribution >= 0.6 is 0 Å². The van der Waals surface area contributed by atoms with Gasteiger partial charge in [-0.2, -0.15) is 0 Å². The number of carboxylic acids is 1. The van der Waals surface area contributed by atoms with Crippen LogP contribution in [-0.2, 0) is 20.8 Å². The molecule has 1 aliphatic heterocycles. The van der Waals surface area contributed by atoms with Crippen LogP contribution in [-0.4, -0.2) is 64.5 Å². The molecular formula is C21H32N6O4. The quantitative estimate of drug-likeness (QED) is 0.168. The van der Waals surface area contributed by atoms with Crippen molar-refractivity contribution in [2.24, 2.45) is 11.5 Å². The van der Waals surface area contributed by atoms with E-state index >= 15 is 0 Å². The molecule has 0 radical (unpaired) electrons. The number of nitrogens with two attached hydrogens (primary N) is 2. The van der Waals surface area contributed by atoms with E-state index in [1.54, 1.807) is 0 Å². The third-order valence-corrected chi connectivity index (χ3v) is 5.49. The van der Waals surface area contributed by atoms with Crippen LogP contribution in [0.3, 0.4) is 0 Å². The summed E-state index contributed by atoms with van der Waals surface area (Å²) in [5.41, 5.74) is 10.8. The van der Waals surface area contributed by atoms with E-state index < -0.39 is 29.5 Å². The zero-order valence-electron chi connectivity index (χ0n) is 17.8. The molecule has 3 atom stereocenters. The number of carbonyl (C=O) groups excluding carboxylic acids is 2. The van der Waals surface area contributed by atoms with E-state index in [-0.39, 0.29) is 18.3 Å². The molecule has 1 aromatic rings. The molecule has 2 amide bonds. The fourth-order valence-electron chi connectivity index (χ4n) is 3.71. The van der Waals surface area contributed by atoms with Crippen LogP contribution in [0.5, 0.6) is 0 Å². The number of rotatable bonds is 10. The van der Waals surface area contributed by atoms with Gasteiger partial charge in [0.2, 0.25) is 11.8 Å². The number of aliphatic carboxylic acids is 1. The largest absolute Gasteiger partial charge is 0.480 e. The van der Waals surface area contributed by atoms with Gasteiger partial charge < -0.3 is 32.1 Å². The van der Waals surface area contributed by atoms with Crippen LogP contribution in [0.4, 0.5) is 0 Å². The van der Waals surface area contributed by atoms with Crippen molar-refractivity contribution >= 4 is 23.7 Å². The van der Waals surface area contributed by atoms with E-state index in [4.69, 9.17) is 16.9 Å². The molecule has 170 valence electrons. The number of amides is 2. The topological polar surface area (TPSA) is 175 Å². The van der Waals surface area contributed by atoms with Gasteiger partial charge in [-0.1, -0.05) is 30.3 Å². The molecule has 31 heavy (non-hydrogen) atoms. The zero-order valence-corrected chi connectivity index (χ0v) is 17.8. The molecule has 1 fully saturated rings. The van der Waals surface area contributed by atoms with Crippen LogP contribution in [0.25, 0.3) is 0 Å². The van der Waals surface area contributed by atoms with Crippen LogP contribution < -0.4 is 22.1 Å². The summed E-state index contributed by atoms with van der Waals surface area (Å²) in [5.74, 6) is -2.18. The zero-order chi connectivity index (χ0) is 23.0. The Morgan fingerprint density at radius 2 is 2.00 bits per heavy atom. The summed E-state index contributed by atoms with van der Waals surface area (Å²) in [6.07, 6.45) is 1.99. The molecule has 0 bridgehead atoms. The first-order valence-corrected chi connectivity index (χ1v) is 10.4. The van der Waals surface area contributed by atoms with Crippen LogP contribution in [0.2, 0.25) is 0 Å². The van der Waals surface area contributed by atoms with Crippen molar-refractivity contribution in [3.05, 3.63) is 35.9 Å². The van der Waals surface area contributed by atoms with E-state index in [2.05, 4.69) is 10.6 Å². The van der Waals surface area contributed by atoms with Crippen molar-refractivity contribution in [3.63, 3.8) is 0 Å². The Morgan fingerprint density at radius 1 is 1.32 bits per heavy atom. The van der Waals surface area contributed by atoms with Gasteiger partial charge in [0.15, 0.2) is 5.96 Å². The monoisotopic (exact) mass is 432 g/mol. The van der Waals surface area contributed by atoms with Crippen molar-refractivity contribution in [2.75, 3.05) is 13.1 Å². The molecule has 0 spiro atoms. The maximum absolute atomic E-state index is 12.9. The molecule has 10 heteroatoms. The standard InChI is InChI=1S/C21H32N6O4/c1-21(19(30)31,10-6-11-25-20(23)24)26-17(28)16-9-5-12-27(16)18(29)15(22)13-14-7-3-2-4-8-14/h2-4,7-8,15-16H,5-6,9-13,22H2,1H3,(H,26,28)(H,30,31)(H4,23,24,25)/t15-,16+,21+/m1/s1. The summed E-state index contributed by atoms with van der Waals surface area (Å²) in [6.45, 7) is 2.16. The number of guanidine groups is 1. The second-order valence-electron chi connectivity index (χ2n) is 8.06. The highest BCUT2D eigenvalue weighted by Crippen LogP contribution is 2.21. The smallest absolute Gasteiger partial charge is 0.329 e. The lowest BCUT2D eigenvalue weighted by Gasteiger charge is -2.31. The van der Waals surface area contributed by atoms with Gasteiger partial charge >= 0.3 is 5.97 Å². The van der Waals surface area contributed by atoms with Crippen LogP contribution in [0.1, 0.15) is 38.2 Å². The van der Waals surface area contributed by atoms with E-state index in [9.17, 15) is 19.5 Å². The molecule has 1 aliphatic rings. The predicted molar refractivity (Wildman–Crippen MR) is 116 cm³/mol. The third kappa shape index (κ3) is 6.68. The number of hydrogen-bond acceptors (Lipinski definition) is 5. The number of likely N-dealkylation sites (tertiary alicyclic amines) is 1. The van der Waals surface area contributed by atoms with Gasteiger partial charge in [0.1, 0.15) is 11.6 Å². The first-order chi connectivity index (χ1) is 14.6. The van der Waals surface area contributed by atoms with Gasteiger partial charge in [0.25, 0.3) is 0 Å². The van der Waals surface area contributed by atoms with Gasteiger partial charge in [-0.25, -0.2) is 4.79 Å². The second kappa shape index (κ2) is 10.8. The van der Waals surface area contributed by atoms with E-state index in [0.29, 0.717) is 38.8 Å².